The highest BCUT2D eigenvalue weighted by Gasteiger charge is 2.47. The van der Waals surface area contributed by atoms with Crippen LogP contribution in [0.2, 0.25) is 0 Å². The van der Waals surface area contributed by atoms with Crippen molar-refractivity contribution < 1.29 is 4.74 Å². The van der Waals surface area contributed by atoms with Crippen LogP contribution in [0, 0.1) is 17.8 Å². The van der Waals surface area contributed by atoms with Gasteiger partial charge in [0.1, 0.15) is 11.4 Å². The van der Waals surface area contributed by atoms with Crippen molar-refractivity contribution in [1.29, 1.82) is 0 Å². The maximum absolute atomic E-state index is 6.43. The summed E-state index contributed by atoms with van der Waals surface area (Å²) in [6.07, 6.45) is 8.22. The molecule has 4 unspecified atom stereocenters. The minimum absolute atomic E-state index is 0.0314. The van der Waals surface area contributed by atoms with Crippen LogP contribution in [0.25, 0.3) is 0 Å². The lowest BCUT2D eigenvalue weighted by molar-refractivity contribution is 0.0162. The van der Waals surface area contributed by atoms with Gasteiger partial charge in [-0.3, -0.25) is 0 Å². The monoisotopic (exact) mass is 300 g/mol. The molecule has 22 heavy (non-hydrogen) atoms. The third kappa shape index (κ3) is 3.19. The number of fused-ring (bicyclic) bond motifs is 2. The molecule has 3 rings (SSSR count). The van der Waals surface area contributed by atoms with Crippen molar-refractivity contribution in [3.8, 4) is 5.75 Å². The van der Waals surface area contributed by atoms with Crippen molar-refractivity contribution in [3.05, 3.63) is 29.8 Å². The summed E-state index contributed by atoms with van der Waals surface area (Å²) in [7, 11) is 0. The van der Waals surface area contributed by atoms with Gasteiger partial charge in [0.2, 0.25) is 0 Å². The molecule has 0 spiro atoms. The fourth-order valence-electron chi connectivity index (χ4n) is 4.94. The van der Waals surface area contributed by atoms with Crippen LogP contribution in [0.15, 0.2) is 24.3 Å². The Bertz CT molecular complexity index is 487. The molecule has 2 bridgehead atoms. The summed E-state index contributed by atoms with van der Waals surface area (Å²) in [5, 5.41) is 0. The van der Waals surface area contributed by atoms with E-state index in [4.69, 9.17) is 4.74 Å². The van der Waals surface area contributed by atoms with E-state index in [1.54, 1.807) is 0 Å². The molecule has 2 aliphatic carbocycles. The molecule has 1 heteroatoms. The van der Waals surface area contributed by atoms with Crippen molar-refractivity contribution in [2.45, 2.75) is 77.7 Å². The molecule has 1 nitrogen and oxygen atoms in total. The van der Waals surface area contributed by atoms with E-state index < -0.39 is 0 Å². The molecule has 0 aromatic heterocycles. The summed E-state index contributed by atoms with van der Waals surface area (Å²) in [4.78, 5) is 0. The van der Waals surface area contributed by atoms with Gasteiger partial charge in [0.05, 0.1) is 0 Å². The van der Waals surface area contributed by atoms with Gasteiger partial charge in [-0.2, -0.15) is 0 Å². The van der Waals surface area contributed by atoms with E-state index in [-0.39, 0.29) is 5.60 Å². The van der Waals surface area contributed by atoms with Crippen LogP contribution < -0.4 is 4.74 Å². The summed E-state index contributed by atoms with van der Waals surface area (Å²) in [6, 6.07) is 8.87. The molecule has 2 saturated carbocycles. The standard InChI is InChI=1S/C21H32O/c1-5-6-15(2)17-9-11-19(12-10-17)22-21(3,4)20-14-16-7-8-18(20)13-16/h9-12,15-16,18,20H,5-8,13-14H2,1-4H3. The molecule has 2 aliphatic rings. The van der Waals surface area contributed by atoms with Crippen LogP contribution >= 0.6 is 0 Å². The van der Waals surface area contributed by atoms with Crippen molar-refractivity contribution in [2.75, 3.05) is 0 Å². The molecule has 0 N–H and O–H groups in total. The fraction of sp³-hybridized carbons (Fsp3) is 0.714. The summed E-state index contributed by atoms with van der Waals surface area (Å²) in [6.45, 7) is 9.17. The normalized spacial score (nSPS) is 28.8. The predicted molar refractivity (Wildman–Crippen MR) is 93.4 cm³/mol. The molecule has 2 fully saturated rings. The van der Waals surface area contributed by atoms with Crippen LogP contribution in [0.4, 0.5) is 0 Å². The smallest absolute Gasteiger partial charge is 0.120 e. The van der Waals surface area contributed by atoms with Crippen molar-refractivity contribution >= 4 is 0 Å². The second kappa shape index (κ2) is 6.26. The summed E-state index contributed by atoms with van der Waals surface area (Å²) < 4.78 is 6.43. The van der Waals surface area contributed by atoms with Gasteiger partial charge < -0.3 is 4.74 Å². The minimum Gasteiger partial charge on any atom is -0.488 e. The second-order valence-electron chi connectivity index (χ2n) is 8.25. The second-order valence-corrected chi connectivity index (χ2v) is 8.25. The van der Waals surface area contributed by atoms with Crippen LogP contribution in [0.1, 0.15) is 77.7 Å². The topological polar surface area (TPSA) is 9.23 Å². The lowest BCUT2D eigenvalue weighted by atomic mass is 9.78. The highest BCUT2D eigenvalue weighted by atomic mass is 16.5. The van der Waals surface area contributed by atoms with Gasteiger partial charge in [-0.1, -0.05) is 38.8 Å². The summed E-state index contributed by atoms with van der Waals surface area (Å²) in [5.41, 5.74) is 1.41. The number of ether oxygens (including phenoxy) is 1. The summed E-state index contributed by atoms with van der Waals surface area (Å²) >= 11 is 0. The zero-order valence-corrected chi connectivity index (χ0v) is 14.8. The number of hydrogen-bond donors (Lipinski definition) is 0. The van der Waals surface area contributed by atoms with Crippen LogP contribution in [-0.2, 0) is 0 Å². The largest absolute Gasteiger partial charge is 0.488 e. The molecule has 0 heterocycles. The van der Waals surface area contributed by atoms with Gasteiger partial charge in [-0.25, -0.2) is 0 Å². The van der Waals surface area contributed by atoms with Gasteiger partial charge in [0.15, 0.2) is 0 Å². The fourth-order valence-corrected chi connectivity index (χ4v) is 4.94. The molecule has 0 saturated heterocycles. The van der Waals surface area contributed by atoms with E-state index in [9.17, 15) is 0 Å². The average molecular weight is 300 g/mol. The first-order chi connectivity index (χ1) is 10.5. The van der Waals surface area contributed by atoms with Crippen molar-refractivity contribution in [1.82, 2.24) is 0 Å². The SMILES string of the molecule is CCCC(C)c1ccc(OC(C)(C)C2CC3CCC2C3)cc1. The Hall–Kier alpha value is -0.980. The summed E-state index contributed by atoms with van der Waals surface area (Å²) in [5.74, 6) is 4.32. The number of benzene rings is 1. The Balaban J connectivity index is 1.64. The van der Waals surface area contributed by atoms with E-state index >= 15 is 0 Å². The van der Waals surface area contributed by atoms with Crippen LogP contribution in [-0.4, -0.2) is 5.60 Å². The Morgan fingerprint density at radius 3 is 2.41 bits per heavy atom. The Kier molecular flexibility index (Phi) is 4.52. The molecule has 0 radical (unpaired) electrons. The van der Waals surface area contributed by atoms with Gasteiger partial charge >= 0.3 is 0 Å². The first kappa shape index (κ1) is 15.9. The minimum atomic E-state index is -0.0314. The lowest BCUT2D eigenvalue weighted by Gasteiger charge is -2.37. The molecule has 122 valence electrons. The van der Waals surface area contributed by atoms with E-state index in [1.165, 1.54) is 44.1 Å². The average Bonchev–Trinajstić information content (AvgIpc) is 3.11. The van der Waals surface area contributed by atoms with Crippen molar-refractivity contribution in [2.24, 2.45) is 17.8 Å². The van der Waals surface area contributed by atoms with E-state index in [1.807, 2.05) is 0 Å². The highest BCUT2D eigenvalue weighted by molar-refractivity contribution is 5.29. The quantitative estimate of drug-likeness (QED) is 0.609. The first-order valence-electron chi connectivity index (χ1n) is 9.28. The molecule has 1 aromatic carbocycles. The maximum atomic E-state index is 6.43. The Morgan fingerprint density at radius 1 is 1.14 bits per heavy atom. The molecule has 0 amide bonds. The van der Waals surface area contributed by atoms with E-state index in [0.29, 0.717) is 5.92 Å². The molecule has 1 aromatic rings. The molecule has 4 atom stereocenters. The van der Waals surface area contributed by atoms with E-state index in [0.717, 1.165) is 23.5 Å². The number of rotatable bonds is 6. The maximum Gasteiger partial charge on any atom is 0.120 e. The third-order valence-electron chi connectivity index (χ3n) is 6.18. The Morgan fingerprint density at radius 2 is 1.86 bits per heavy atom. The van der Waals surface area contributed by atoms with E-state index in [2.05, 4.69) is 52.0 Å². The third-order valence-corrected chi connectivity index (χ3v) is 6.18. The van der Waals surface area contributed by atoms with Gasteiger partial charge in [0, 0.05) is 5.92 Å². The lowest BCUT2D eigenvalue weighted by Crippen LogP contribution is -2.40. The zero-order valence-electron chi connectivity index (χ0n) is 14.8. The molecule has 0 aliphatic heterocycles. The van der Waals surface area contributed by atoms with Gasteiger partial charge in [-0.05, 0) is 75.0 Å². The predicted octanol–water partition coefficient (Wildman–Crippen LogP) is 6.18. The molecular weight excluding hydrogens is 268 g/mol. The first-order valence-corrected chi connectivity index (χ1v) is 9.28. The van der Waals surface area contributed by atoms with Crippen molar-refractivity contribution in [3.63, 3.8) is 0 Å². The van der Waals surface area contributed by atoms with Gasteiger partial charge in [-0.15, -0.1) is 0 Å². The highest BCUT2D eigenvalue weighted by Crippen LogP contribution is 2.52. The molecular formula is C21H32O. The van der Waals surface area contributed by atoms with Crippen LogP contribution in [0.5, 0.6) is 5.75 Å². The van der Waals surface area contributed by atoms with Crippen LogP contribution in [0.3, 0.4) is 0 Å². The number of hydrogen-bond acceptors (Lipinski definition) is 1. The zero-order chi connectivity index (χ0) is 15.7. The Labute approximate surface area is 136 Å². The van der Waals surface area contributed by atoms with Gasteiger partial charge in [0.25, 0.3) is 0 Å².